The third-order valence-corrected chi connectivity index (χ3v) is 5.20. The highest BCUT2D eigenvalue weighted by Gasteiger charge is 2.34. The Morgan fingerprint density at radius 3 is 2.06 bits per heavy atom. The van der Waals surface area contributed by atoms with Crippen molar-refractivity contribution >= 4 is 0 Å². The molecule has 0 N–H and O–H groups in total. The van der Waals surface area contributed by atoms with Crippen LogP contribution in [0.1, 0.15) is 58.3 Å². The summed E-state index contributed by atoms with van der Waals surface area (Å²) in [6.45, 7) is 2.27. The van der Waals surface area contributed by atoms with Crippen LogP contribution in [0.2, 0.25) is 0 Å². The third-order valence-electron chi connectivity index (χ3n) is 5.20. The minimum atomic E-state index is 0.159. The van der Waals surface area contributed by atoms with E-state index in [0.29, 0.717) is 0 Å². The first kappa shape index (κ1) is 13.9. The van der Waals surface area contributed by atoms with Crippen molar-refractivity contribution in [2.45, 2.75) is 63.9 Å². The summed E-state index contributed by atoms with van der Waals surface area (Å²) in [5, 5.41) is 0. The fourth-order valence-electron chi connectivity index (χ4n) is 3.69. The predicted octanol–water partition coefficient (Wildman–Crippen LogP) is 4.30. The summed E-state index contributed by atoms with van der Waals surface area (Å²) >= 11 is 0. The first-order valence-corrected chi connectivity index (χ1v) is 7.43. The van der Waals surface area contributed by atoms with E-state index in [1.165, 1.54) is 56.9 Å². The summed E-state index contributed by atoms with van der Waals surface area (Å²) in [5.74, 6) is 1.89. The van der Waals surface area contributed by atoms with Gasteiger partial charge in [0.25, 0.3) is 0 Å². The van der Waals surface area contributed by atoms with Gasteiger partial charge in [0, 0.05) is 7.11 Å². The van der Waals surface area contributed by atoms with Crippen molar-refractivity contribution in [2.75, 3.05) is 14.2 Å². The number of hydrogen-bond acceptors (Lipinski definition) is 2. The van der Waals surface area contributed by atoms with E-state index in [-0.39, 0.29) is 5.60 Å². The van der Waals surface area contributed by atoms with E-state index in [4.69, 9.17) is 9.47 Å². The second-order valence-electron chi connectivity index (χ2n) is 6.34. The molecule has 0 aromatic heterocycles. The first-order valence-electron chi connectivity index (χ1n) is 7.43. The van der Waals surface area contributed by atoms with Crippen molar-refractivity contribution in [3.8, 4) is 0 Å². The topological polar surface area (TPSA) is 18.5 Å². The maximum Gasteiger partial charge on any atom is 0.0816 e. The van der Waals surface area contributed by atoms with Crippen molar-refractivity contribution in [3.63, 3.8) is 0 Å². The molecule has 2 rings (SSSR count). The van der Waals surface area contributed by atoms with E-state index in [1.807, 2.05) is 13.4 Å². The van der Waals surface area contributed by atoms with Gasteiger partial charge in [-0.3, -0.25) is 0 Å². The SMILES string of the molecule is COC=C1CCC(C2CCC(C)(OC)CC2)CC1. The maximum atomic E-state index is 5.64. The normalized spacial score (nSPS) is 37.4. The standard InChI is InChI=1S/C16H28O2/c1-16(18-3)10-8-15(9-11-16)14-6-4-13(5-7-14)12-17-2/h12,14-15H,4-11H2,1-3H3. The molecule has 0 heterocycles. The van der Waals surface area contributed by atoms with Crippen LogP contribution in [-0.4, -0.2) is 19.8 Å². The summed E-state index contributed by atoms with van der Waals surface area (Å²) in [7, 11) is 3.62. The molecular weight excluding hydrogens is 224 g/mol. The molecule has 0 spiro atoms. The zero-order valence-electron chi connectivity index (χ0n) is 12.2. The summed E-state index contributed by atoms with van der Waals surface area (Å²) in [6.07, 6.45) is 12.4. The molecule has 0 bridgehead atoms. The number of allylic oxidation sites excluding steroid dienone is 1. The number of ether oxygens (including phenoxy) is 2. The largest absolute Gasteiger partial charge is 0.504 e. The molecule has 2 heteroatoms. The van der Waals surface area contributed by atoms with Gasteiger partial charge in [0.2, 0.25) is 0 Å². The van der Waals surface area contributed by atoms with Gasteiger partial charge in [-0.25, -0.2) is 0 Å². The van der Waals surface area contributed by atoms with Crippen LogP contribution in [-0.2, 0) is 9.47 Å². The summed E-state index contributed by atoms with van der Waals surface area (Å²) in [6, 6.07) is 0. The van der Waals surface area contributed by atoms with Gasteiger partial charge in [0.05, 0.1) is 19.0 Å². The summed E-state index contributed by atoms with van der Waals surface area (Å²) < 4.78 is 10.8. The van der Waals surface area contributed by atoms with Gasteiger partial charge in [0.1, 0.15) is 0 Å². The smallest absolute Gasteiger partial charge is 0.0816 e. The molecule has 0 aliphatic heterocycles. The lowest BCUT2D eigenvalue weighted by Crippen LogP contribution is -2.35. The average molecular weight is 252 g/mol. The highest BCUT2D eigenvalue weighted by atomic mass is 16.5. The van der Waals surface area contributed by atoms with Crippen LogP contribution in [0.25, 0.3) is 0 Å². The molecule has 2 fully saturated rings. The molecule has 0 saturated heterocycles. The molecule has 2 aliphatic rings. The number of hydrogen-bond donors (Lipinski definition) is 0. The van der Waals surface area contributed by atoms with E-state index in [2.05, 4.69) is 6.92 Å². The van der Waals surface area contributed by atoms with Crippen LogP contribution in [0.15, 0.2) is 11.8 Å². The van der Waals surface area contributed by atoms with Gasteiger partial charge < -0.3 is 9.47 Å². The van der Waals surface area contributed by atoms with Gasteiger partial charge in [0.15, 0.2) is 0 Å². The molecule has 18 heavy (non-hydrogen) atoms. The van der Waals surface area contributed by atoms with E-state index >= 15 is 0 Å². The lowest BCUT2D eigenvalue weighted by atomic mass is 9.69. The van der Waals surface area contributed by atoms with Crippen LogP contribution < -0.4 is 0 Å². The average Bonchev–Trinajstić information content (AvgIpc) is 2.41. The fourth-order valence-corrected chi connectivity index (χ4v) is 3.69. The van der Waals surface area contributed by atoms with Gasteiger partial charge in [-0.1, -0.05) is 0 Å². The van der Waals surface area contributed by atoms with Crippen LogP contribution in [0, 0.1) is 11.8 Å². The second-order valence-corrected chi connectivity index (χ2v) is 6.34. The van der Waals surface area contributed by atoms with Crippen LogP contribution in [0.5, 0.6) is 0 Å². The van der Waals surface area contributed by atoms with Crippen LogP contribution >= 0.6 is 0 Å². The minimum Gasteiger partial charge on any atom is -0.504 e. The maximum absolute atomic E-state index is 5.64. The molecule has 0 unspecified atom stereocenters. The third kappa shape index (κ3) is 3.28. The zero-order chi connectivity index (χ0) is 13.0. The van der Waals surface area contributed by atoms with Gasteiger partial charge in [-0.05, 0) is 75.7 Å². The Morgan fingerprint density at radius 2 is 1.56 bits per heavy atom. The Labute approximate surface area is 112 Å². The molecule has 2 aliphatic carbocycles. The lowest BCUT2D eigenvalue weighted by Gasteiger charge is -2.40. The van der Waals surface area contributed by atoms with E-state index < -0.39 is 0 Å². The Hall–Kier alpha value is -0.500. The van der Waals surface area contributed by atoms with Crippen molar-refractivity contribution < 1.29 is 9.47 Å². The van der Waals surface area contributed by atoms with Crippen molar-refractivity contribution in [3.05, 3.63) is 11.8 Å². The van der Waals surface area contributed by atoms with Crippen molar-refractivity contribution in [1.82, 2.24) is 0 Å². The van der Waals surface area contributed by atoms with Gasteiger partial charge in [-0.2, -0.15) is 0 Å². The molecule has 104 valence electrons. The highest BCUT2D eigenvalue weighted by Crippen LogP contribution is 2.43. The van der Waals surface area contributed by atoms with E-state index in [0.717, 1.165) is 11.8 Å². The van der Waals surface area contributed by atoms with Gasteiger partial charge >= 0.3 is 0 Å². The predicted molar refractivity (Wildman–Crippen MR) is 74.4 cm³/mol. The van der Waals surface area contributed by atoms with Crippen LogP contribution in [0.4, 0.5) is 0 Å². The summed E-state index contributed by atoms with van der Waals surface area (Å²) in [4.78, 5) is 0. The molecule has 0 aromatic carbocycles. The van der Waals surface area contributed by atoms with Crippen molar-refractivity contribution in [2.24, 2.45) is 11.8 Å². The Balaban J connectivity index is 1.80. The Kier molecular flexibility index (Phi) is 4.71. The first-order chi connectivity index (χ1) is 8.67. The monoisotopic (exact) mass is 252 g/mol. The molecule has 0 aromatic rings. The second kappa shape index (κ2) is 6.10. The van der Waals surface area contributed by atoms with Gasteiger partial charge in [-0.15, -0.1) is 0 Å². The zero-order valence-corrected chi connectivity index (χ0v) is 12.2. The summed E-state index contributed by atoms with van der Waals surface area (Å²) in [5.41, 5.74) is 1.66. The fraction of sp³-hybridized carbons (Fsp3) is 0.875. The minimum absolute atomic E-state index is 0.159. The Morgan fingerprint density at radius 1 is 1.00 bits per heavy atom. The van der Waals surface area contributed by atoms with Crippen molar-refractivity contribution in [1.29, 1.82) is 0 Å². The lowest BCUT2D eigenvalue weighted by molar-refractivity contribution is -0.0412. The molecular formula is C16H28O2. The van der Waals surface area contributed by atoms with E-state index in [1.54, 1.807) is 7.11 Å². The molecule has 0 amide bonds. The highest BCUT2D eigenvalue weighted by molar-refractivity contribution is 5.03. The quantitative estimate of drug-likeness (QED) is 0.697. The molecule has 0 atom stereocenters. The molecule has 0 radical (unpaired) electrons. The molecule has 2 saturated carbocycles. The van der Waals surface area contributed by atoms with Crippen LogP contribution in [0.3, 0.4) is 0 Å². The Bertz CT molecular complexity index is 277. The molecule has 2 nitrogen and oxygen atoms in total. The number of methoxy groups -OCH3 is 2. The number of rotatable bonds is 3. The van der Waals surface area contributed by atoms with E-state index in [9.17, 15) is 0 Å².